The number of para-hydroxylation sites is 1. The number of fused-ring (bicyclic) bond motifs is 1. The number of thioether (sulfide) groups is 1. The van der Waals surface area contributed by atoms with Crippen molar-refractivity contribution in [2.45, 2.75) is 38.3 Å². The quantitative estimate of drug-likeness (QED) is 0.616. The van der Waals surface area contributed by atoms with Crippen molar-refractivity contribution in [3.05, 3.63) is 77.1 Å². The third-order valence-corrected chi connectivity index (χ3v) is 6.59. The second-order valence-electron chi connectivity index (χ2n) is 7.62. The molecule has 2 amide bonds. The summed E-state index contributed by atoms with van der Waals surface area (Å²) in [6, 6.07) is 18.0. The van der Waals surface area contributed by atoms with Gasteiger partial charge >= 0.3 is 0 Å². The van der Waals surface area contributed by atoms with Gasteiger partial charge in [-0.15, -0.1) is 11.8 Å². The van der Waals surface area contributed by atoms with Crippen LogP contribution in [0.25, 0.3) is 0 Å². The van der Waals surface area contributed by atoms with E-state index < -0.39 is 0 Å². The monoisotopic (exact) mass is 434 g/mol. The number of carbonyl (C=O) groups excluding carboxylic acids is 2. The Balaban J connectivity index is 1.35. The van der Waals surface area contributed by atoms with Gasteiger partial charge in [0, 0.05) is 35.7 Å². The van der Waals surface area contributed by atoms with Gasteiger partial charge in [0.2, 0.25) is 11.8 Å². The zero-order valence-electron chi connectivity index (χ0n) is 17.8. The minimum Gasteiger partial charge on any atom is -0.352 e. The van der Waals surface area contributed by atoms with Gasteiger partial charge in [-0.05, 0) is 31.5 Å². The maximum Gasteiger partial charge on any atom is 0.237 e. The highest BCUT2D eigenvalue weighted by atomic mass is 32.2. The number of carbonyl (C=O) groups is 2. The van der Waals surface area contributed by atoms with Gasteiger partial charge in [-0.3, -0.25) is 14.3 Å². The van der Waals surface area contributed by atoms with Crippen LogP contribution in [-0.4, -0.2) is 33.9 Å². The summed E-state index contributed by atoms with van der Waals surface area (Å²) in [5, 5.41) is 7.65. The van der Waals surface area contributed by atoms with Crippen molar-refractivity contribution in [1.29, 1.82) is 0 Å². The van der Waals surface area contributed by atoms with Crippen molar-refractivity contribution in [3.63, 3.8) is 0 Å². The highest BCUT2D eigenvalue weighted by molar-refractivity contribution is 8.00. The Morgan fingerprint density at radius 2 is 1.84 bits per heavy atom. The summed E-state index contributed by atoms with van der Waals surface area (Å²) in [5.41, 5.74) is 5.10. The predicted molar refractivity (Wildman–Crippen MR) is 123 cm³/mol. The van der Waals surface area contributed by atoms with Crippen LogP contribution in [0.5, 0.6) is 0 Å². The topological polar surface area (TPSA) is 67.2 Å². The minimum atomic E-state index is -0.0712. The molecular formula is C24H26N4O2S. The van der Waals surface area contributed by atoms with Crippen LogP contribution in [-0.2, 0) is 22.7 Å². The lowest BCUT2D eigenvalue weighted by atomic mass is 10.2. The molecule has 0 unspecified atom stereocenters. The van der Waals surface area contributed by atoms with Crippen molar-refractivity contribution >= 4 is 29.3 Å². The van der Waals surface area contributed by atoms with Gasteiger partial charge in [-0.2, -0.15) is 5.10 Å². The lowest BCUT2D eigenvalue weighted by Crippen LogP contribution is -2.38. The molecule has 0 saturated carbocycles. The van der Waals surface area contributed by atoms with Crippen LogP contribution in [0.1, 0.15) is 28.9 Å². The molecular weight excluding hydrogens is 408 g/mol. The van der Waals surface area contributed by atoms with E-state index in [0.717, 1.165) is 27.5 Å². The predicted octanol–water partition coefficient (Wildman–Crippen LogP) is 3.69. The molecule has 0 saturated heterocycles. The fraction of sp³-hybridized carbons (Fsp3) is 0.292. The lowest BCUT2D eigenvalue weighted by molar-refractivity contribution is -0.121. The van der Waals surface area contributed by atoms with Crippen LogP contribution in [0.15, 0.2) is 59.5 Å². The summed E-state index contributed by atoms with van der Waals surface area (Å²) in [4.78, 5) is 27.7. The molecule has 6 nitrogen and oxygen atoms in total. The molecule has 31 heavy (non-hydrogen) atoms. The molecule has 0 radical (unpaired) electrons. The van der Waals surface area contributed by atoms with Crippen LogP contribution in [0.2, 0.25) is 0 Å². The van der Waals surface area contributed by atoms with Crippen molar-refractivity contribution < 1.29 is 9.59 Å². The summed E-state index contributed by atoms with van der Waals surface area (Å²) >= 11 is 1.55. The van der Waals surface area contributed by atoms with Gasteiger partial charge in [0.05, 0.1) is 23.7 Å². The molecule has 4 rings (SSSR count). The number of rotatable bonds is 7. The van der Waals surface area contributed by atoms with Crippen LogP contribution >= 0.6 is 11.8 Å². The van der Waals surface area contributed by atoms with E-state index in [2.05, 4.69) is 22.5 Å². The first-order valence-corrected chi connectivity index (χ1v) is 11.4. The third kappa shape index (κ3) is 4.82. The fourth-order valence-electron chi connectivity index (χ4n) is 3.79. The van der Waals surface area contributed by atoms with Gasteiger partial charge < -0.3 is 10.2 Å². The summed E-state index contributed by atoms with van der Waals surface area (Å²) in [5.74, 6) is 0.390. The van der Waals surface area contributed by atoms with E-state index >= 15 is 0 Å². The number of amides is 2. The standard InChI is InChI=1S/C24H26N4O2S/c1-17-20(18(2)28(26-17)15-19-8-4-3-5-9-19)14-25-23(29)12-13-27-21-10-6-7-11-22(21)31-16-24(27)30/h3-11H,12-16H2,1-2H3,(H,25,29). The highest BCUT2D eigenvalue weighted by Gasteiger charge is 2.24. The van der Waals surface area contributed by atoms with Gasteiger partial charge in [0.15, 0.2) is 0 Å². The molecule has 0 aliphatic carbocycles. The third-order valence-electron chi connectivity index (χ3n) is 5.54. The van der Waals surface area contributed by atoms with Crippen LogP contribution in [0, 0.1) is 13.8 Å². The lowest BCUT2D eigenvalue weighted by Gasteiger charge is -2.28. The molecule has 7 heteroatoms. The second-order valence-corrected chi connectivity index (χ2v) is 8.64. The molecule has 1 aliphatic rings. The van der Waals surface area contributed by atoms with E-state index in [1.165, 1.54) is 5.56 Å². The molecule has 0 atom stereocenters. The number of anilines is 1. The minimum absolute atomic E-state index is 0.0466. The number of benzene rings is 2. The Kier molecular flexibility index (Phi) is 6.42. The van der Waals surface area contributed by atoms with Crippen LogP contribution < -0.4 is 10.2 Å². The number of aromatic nitrogens is 2. The van der Waals surface area contributed by atoms with E-state index in [0.29, 0.717) is 25.4 Å². The zero-order valence-corrected chi connectivity index (χ0v) is 18.6. The molecule has 3 aromatic rings. The molecule has 160 valence electrons. The number of hydrogen-bond acceptors (Lipinski definition) is 4. The van der Waals surface area contributed by atoms with Crippen molar-refractivity contribution in [2.24, 2.45) is 0 Å². The Bertz CT molecular complexity index is 1090. The maximum atomic E-state index is 12.5. The first-order chi connectivity index (χ1) is 15.0. The molecule has 1 aromatic heterocycles. The average molecular weight is 435 g/mol. The Labute approximate surface area is 186 Å². The Hall–Kier alpha value is -3.06. The van der Waals surface area contributed by atoms with Crippen LogP contribution in [0.3, 0.4) is 0 Å². The fourth-order valence-corrected chi connectivity index (χ4v) is 4.72. The molecule has 1 N–H and O–H groups in total. The largest absolute Gasteiger partial charge is 0.352 e. The molecule has 0 spiro atoms. The summed E-state index contributed by atoms with van der Waals surface area (Å²) in [7, 11) is 0. The van der Waals surface area contributed by atoms with Gasteiger partial charge in [0.25, 0.3) is 0 Å². The van der Waals surface area contributed by atoms with E-state index in [1.807, 2.05) is 61.0 Å². The van der Waals surface area contributed by atoms with Gasteiger partial charge in [-0.25, -0.2) is 0 Å². The molecule has 0 fully saturated rings. The number of hydrogen-bond donors (Lipinski definition) is 1. The SMILES string of the molecule is Cc1nn(Cc2ccccc2)c(C)c1CNC(=O)CCN1C(=O)CSc2ccccc21. The number of nitrogens with zero attached hydrogens (tertiary/aromatic N) is 3. The first kappa shape index (κ1) is 21.2. The van der Waals surface area contributed by atoms with Gasteiger partial charge in [-0.1, -0.05) is 42.5 Å². The smallest absolute Gasteiger partial charge is 0.237 e. The highest BCUT2D eigenvalue weighted by Crippen LogP contribution is 2.34. The number of nitrogens with one attached hydrogen (secondary N) is 1. The second kappa shape index (κ2) is 9.39. The maximum absolute atomic E-state index is 12.5. The normalized spacial score (nSPS) is 13.2. The summed E-state index contributed by atoms with van der Waals surface area (Å²) in [6.45, 7) is 5.53. The van der Waals surface area contributed by atoms with E-state index in [4.69, 9.17) is 0 Å². The van der Waals surface area contributed by atoms with E-state index in [-0.39, 0.29) is 18.2 Å². The van der Waals surface area contributed by atoms with Crippen LogP contribution in [0.4, 0.5) is 5.69 Å². The number of aryl methyl sites for hydroxylation is 1. The molecule has 2 aromatic carbocycles. The Morgan fingerprint density at radius 1 is 1.10 bits per heavy atom. The zero-order chi connectivity index (χ0) is 21.8. The van der Waals surface area contributed by atoms with Crippen molar-refractivity contribution in [1.82, 2.24) is 15.1 Å². The average Bonchev–Trinajstić information content (AvgIpc) is 3.04. The molecule has 2 heterocycles. The summed E-state index contributed by atoms with van der Waals surface area (Å²) < 4.78 is 1.98. The van der Waals surface area contributed by atoms with E-state index in [9.17, 15) is 9.59 Å². The van der Waals surface area contributed by atoms with Crippen molar-refractivity contribution in [3.8, 4) is 0 Å². The van der Waals surface area contributed by atoms with Crippen molar-refractivity contribution in [2.75, 3.05) is 17.2 Å². The first-order valence-electron chi connectivity index (χ1n) is 10.4. The van der Waals surface area contributed by atoms with Gasteiger partial charge in [0.1, 0.15) is 0 Å². The summed E-state index contributed by atoms with van der Waals surface area (Å²) in [6.07, 6.45) is 0.265. The van der Waals surface area contributed by atoms with E-state index in [1.54, 1.807) is 16.7 Å². The Morgan fingerprint density at radius 3 is 2.65 bits per heavy atom. The molecule has 0 bridgehead atoms. The molecule has 1 aliphatic heterocycles.